The molecule has 0 aromatic heterocycles. The third kappa shape index (κ3) is 5.62. The van der Waals surface area contributed by atoms with Gasteiger partial charge in [0.1, 0.15) is 0 Å². The lowest BCUT2D eigenvalue weighted by Gasteiger charge is -2.29. The molecule has 4 rings (SSSR count). The summed E-state index contributed by atoms with van der Waals surface area (Å²) < 4.78 is 44.1. The number of thioether (sulfide) groups is 1. The number of hydrogen-bond donors (Lipinski definition) is 1. The van der Waals surface area contributed by atoms with Crippen LogP contribution in [-0.4, -0.2) is 55.3 Å². The van der Waals surface area contributed by atoms with Gasteiger partial charge in [-0.1, -0.05) is 12.1 Å². The van der Waals surface area contributed by atoms with Crippen LogP contribution in [-0.2, 0) is 27.0 Å². The standard InChI is InChI=1S/C23H24F3N3O3S/c1-28(14-15-2-5-17(6-3-15)29-8-10-32-11-9-29)21(30)13-20-22(31)27-18-12-16(23(24,25)26)4-7-19(18)33-20/h2-7,12,20H,8-11,13-14H2,1H3,(H,27,31). The highest BCUT2D eigenvalue weighted by Gasteiger charge is 2.34. The molecule has 1 fully saturated rings. The van der Waals surface area contributed by atoms with E-state index in [1.54, 1.807) is 11.9 Å². The van der Waals surface area contributed by atoms with Crippen LogP contribution in [0.15, 0.2) is 47.4 Å². The normalized spacial score (nSPS) is 18.5. The van der Waals surface area contributed by atoms with Crippen molar-refractivity contribution < 1.29 is 27.5 Å². The first kappa shape index (κ1) is 23.4. The molecule has 0 aliphatic carbocycles. The summed E-state index contributed by atoms with van der Waals surface area (Å²) in [6.45, 7) is 3.51. The molecular formula is C23H24F3N3O3S. The van der Waals surface area contributed by atoms with E-state index in [0.717, 1.165) is 48.2 Å². The van der Waals surface area contributed by atoms with Gasteiger partial charge in [0.2, 0.25) is 11.8 Å². The van der Waals surface area contributed by atoms with E-state index in [-0.39, 0.29) is 18.0 Å². The van der Waals surface area contributed by atoms with Gasteiger partial charge in [-0.2, -0.15) is 13.2 Å². The number of rotatable bonds is 5. The van der Waals surface area contributed by atoms with E-state index in [1.165, 1.54) is 6.07 Å². The first-order chi connectivity index (χ1) is 15.7. The maximum Gasteiger partial charge on any atom is 0.416 e. The van der Waals surface area contributed by atoms with Crippen molar-refractivity contribution in [2.24, 2.45) is 0 Å². The van der Waals surface area contributed by atoms with E-state index in [4.69, 9.17) is 4.74 Å². The third-order valence-corrected chi connectivity index (χ3v) is 6.92. The fourth-order valence-electron chi connectivity index (χ4n) is 3.77. The topological polar surface area (TPSA) is 61.9 Å². The van der Waals surface area contributed by atoms with E-state index in [0.29, 0.717) is 24.7 Å². The summed E-state index contributed by atoms with van der Waals surface area (Å²) in [7, 11) is 1.67. The SMILES string of the molecule is CN(Cc1ccc(N2CCOCC2)cc1)C(=O)CC1Sc2ccc(C(F)(F)F)cc2NC1=O. The lowest BCUT2D eigenvalue weighted by atomic mass is 10.1. The summed E-state index contributed by atoms with van der Waals surface area (Å²) in [5.41, 5.74) is 1.38. The second-order valence-corrected chi connectivity index (χ2v) is 9.27. The molecule has 2 heterocycles. The minimum atomic E-state index is -4.49. The van der Waals surface area contributed by atoms with Gasteiger partial charge in [0.15, 0.2) is 0 Å². The van der Waals surface area contributed by atoms with E-state index in [2.05, 4.69) is 10.2 Å². The fraction of sp³-hybridized carbons (Fsp3) is 0.391. The van der Waals surface area contributed by atoms with Gasteiger partial charge < -0.3 is 19.9 Å². The van der Waals surface area contributed by atoms with E-state index in [1.807, 2.05) is 24.3 Å². The van der Waals surface area contributed by atoms with Gasteiger partial charge in [-0.3, -0.25) is 9.59 Å². The van der Waals surface area contributed by atoms with Crippen LogP contribution in [0.2, 0.25) is 0 Å². The average Bonchev–Trinajstić information content (AvgIpc) is 2.79. The van der Waals surface area contributed by atoms with Gasteiger partial charge in [0.05, 0.1) is 29.7 Å². The molecule has 6 nitrogen and oxygen atoms in total. The van der Waals surface area contributed by atoms with Crippen molar-refractivity contribution in [3.63, 3.8) is 0 Å². The molecule has 0 saturated carbocycles. The highest BCUT2D eigenvalue weighted by Crippen LogP contribution is 2.40. The zero-order valence-corrected chi connectivity index (χ0v) is 18.8. The summed E-state index contributed by atoms with van der Waals surface area (Å²) in [5, 5.41) is 1.81. The highest BCUT2D eigenvalue weighted by molar-refractivity contribution is 8.01. The Hall–Kier alpha value is -2.72. The smallest absolute Gasteiger partial charge is 0.378 e. The van der Waals surface area contributed by atoms with E-state index >= 15 is 0 Å². The van der Waals surface area contributed by atoms with Crippen LogP contribution in [0.3, 0.4) is 0 Å². The zero-order chi connectivity index (χ0) is 23.6. The molecule has 2 aromatic carbocycles. The molecule has 1 N–H and O–H groups in total. The molecule has 2 aliphatic heterocycles. The first-order valence-corrected chi connectivity index (χ1v) is 11.4. The largest absolute Gasteiger partial charge is 0.416 e. The van der Waals surface area contributed by atoms with Gasteiger partial charge >= 0.3 is 6.18 Å². The predicted molar refractivity (Wildman–Crippen MR) is 120 cm³/mol. The number of amides is 2. The van der Waals surface area contributed by atoms with Gasteiger partial charge in [0.25, 0.3) is 0 Å². The lowest BCUT2D eigenvalue weighted by Crippen LogP contribution is -2.36. The Morgan fingerprint density at radius 3 is 2.55 bits per heavy atom. The number of hydrogen-bond acceptors (Lipinski definition) is 5. The average molecular weight is 480 g/mol. The molecule has 33 heavy (non-hydrogen) atoms. The first-order valence-electron chi connectivity index (χ1n) is 10.5. The number of nitrogens with one attached hydrogen (secondary N) is 1. The van der Waals surface area contributed by atoms with Crippen LogP contribution in [0.25, 0.3) is 0 Å². The molecular weight excluding hydrogens is 455 g/mol. The summed E-state index contributed by atoms with van der Waals surface area (Å²) in [4.78, 5) is 29.5. The Labute approximate surface area is 194 Å². The molecule has 1 saturated heterocycles. The van der Waals surface area contributed by atoms with E-state index < -0.39 is 22.9 Å². The highest BCUT2D eigenvalue weighted by atomic mass is 32.2. The molecule has 2 amide bonds. The number of fused-ring (bicyclic) bond motifs is 1. The molecule has 2 aliphatic rings. The Morgan fingerprint density at radius 2 is 1.88 bits per heavy atom. The molecule has 2 aromatic rings. The second-order valence-electron chi connectivity index (χ2n) is 8.02. The van der Waals surface area contributed by atoms with Crippen LogP contribution in [0.4, 0.5) is 24.5 Å². The third-order valence-electron chi connectivity index (χ3n) is 5.64. The van der Waals surface area contributed by atoms with Gasteiger partial charge in [-0.05, 0) is 35.9 Å². The van der Waals surface area contributed by atoms with Crippen molar-refractivity contribution >= 4 is 35.0 Å². The minimum Gasteiger partial charge on any atom is -0.378 e. The maximum atomic E-state index is 12.9. The summed E-state index contributed by atoms with van der Waals surface area (Å²) in [5.74, 6) is -0.682. The quantitative estimate of drug-likeness (QED) is 0.703. The number of carbonyl (C=O) groups is 2. The number of carbonyl (C=O) groups excluding carboxylic acids is 2. The van der Waals surface area contributed by atoms with Gasteiger partial charge in [-0.25, -0.2) is 0 Å². The number of ether oxygens (including phenoxy) is 1. The van der Waals surface area contributed by atoms with Crippen molar-refractivity contribution in [2.45, 2.75) is 29.3 Å². The van der Waals surface area contributed by atoms with E-state index in [9.17, 15) is 22.8 Å². The summed E-state index contributed by atoms with van der Waals surface area (Å²) >= 11 is 1.11. The second kappa shape index (κ2) is 9.64. The minimum absolute atomic E-state index is 0.0423. The van der Waals surface area contributed by atoms with Gasteiger partial charge in [0, 0.05) is 43.7 Å². The van der Waals surface area contributed by atoms with Crippen LogP contribution in [0.1, 0.15) is 17.5 Å². The molecule has 1 unspecified atom stereocenters. The number of benzene rings is 2. The zero-order valence-electron chi connectivity index (χ0n) is 18.0. The van der Waals surface area contributed by atoms with Crippen molar-refractivity contribution in [3.05, 3.63) is 53.6 Å². The number of nitrogens with zero attached hydrogens (tertiary/aromatic N) is 2. The molecule has 0 spiro atoms. The van der Waals surface area contributed by atoms with Crippen LogP contribution in [0.5, 0.6) is 0 Å². The maximum absolute atomic E-state index is 12.9. The Balaban J connectivity index is 1.34. The predicted octanol–water partition coefficient (Wildman–Crippen LogP) is 4.00. The molecule has 10 heteroatoms. The fourth-order valence-corrected chi connectivity index (χ4v) is 4.85. The lowest BCUT2D eigenvalue weighted by molar-refractivity contribution is -0.137. The summed E-state index contributed by atoms with van der Waals surface area (Å²) in [6, 6.07) is 11.2. The van der Waals surface area contributed by atoms with Crippen LogP contribution < -0.4 is 10.2 Å². The van der Waals surface area contributed by atoms with Crippen molar-refractivity contribution in [3.8, 4) is 0 Å². The number of halogens is 3. The molecule has 0 radical (unpaired) electrons. The Morgan fingerprint density at radius 1 is 1.18 bits per heavy atom. The van der Waals surface area contributed by atoms with Crippen LogP contribution >= 0.6 is 11.8 Å². The van der Waals surface area contributed by atoms with Crippen molar-refractivity contribution in [1.29, 1.82) is 0 Å². The van der Waals surface area contributed by atoms with Crippen LogP contribution in [0, 0.1) is 0 Å². The van der Waals surface area contributed by atoms with Crippen molar-refractivity contribution in [2.75, 3.05) is 43.6 Å². The van der Waals surface area contributed by atoms with Crippen molar-refractivity contribution in [1.82, 2.24) is 4.90 Å². The Kier molecular flexibility index (Phi) is 6.85. The summed E-state index contributed by atoms with van der Waals surface area (Å²) in [6.07, 6.45) is -4.53. The molecule has 176 valence electrons. The molecule has 1 atom stereocenters. The van der Waals surface area contributed by atoms with Gasteiger partial charge in [-0.15, -0.1) is 11.8 Å². The Bertz CT molecular complexity index is 1020. The number of morpholine rings is 1. The monoisotopic (exact) mass is 479 g/mol. The number of anilines is 2. The number of alkyl halides is 3. The molecule has 0 bridgehead atoms.